The van der Waals surface area contributed by atoms with Gasteiger partial charge >= 0.3 is 5.97 Å². The van der Waals surface area contributed by atoms with Crippen LogP contribution in [0.1, 0.15) is 11.7 Å². The number of para-hydroxylation sites is 2. The molecule has 0 aromatic heterocycles. The summed E-state index contributed by atoms with van der Waals surface area (Å²) in [4.78, 5) is 28.6. The lowest BCUT2D eigenvalue weighted by atomic mass is 10.1. The van der Waals surface area contributed by atoms with Crippen LogP contribution in [-0.2, 0) is 14.3 Å². The smallest absolute Gasteiger partial charge is 0.340 e. The lowest BCUT2D eigenvalue weighted by Crippen LogP contribution is -2.33. The molecule has 6 heteroatoms. The summed E-state index contributed by atoms with van der Waals surface area (Å²) < 4.78 is 5.12. The Labute approximate surface area is 166 Å². The van der Waals surface area contributed by atoms with E-state index in [9.17, 15) is 14.7 Å². The molecule has 1 aliphatic rings. The van der Waals surface area contributed by atoms with Crippen molar-refractivity contribution in [2.24, 2.45) is 0 Å². The summed E-state index contributed by atoms with van der Waals surface area (Å²) in [6, 6.07) is 23.6. The average molecular weight is 391 g/mol. The van der Waals surface area contributed by atoms with Crippen molar-refractivity contribution in [2.45, 2.75) is 15.9 Å². The summed E-state index contributed by atoms with van der Waals surface area (Å²) in [7, 11) is 0. The fourth-order valence-corrected chi connectivity index (χ4v) is 4.08. The number of hydrogen-bond donors (Lipinski definition) is 1. The van der Waals surface area contributed by atoms with E-state index in [4.69, 9.17) is 4.74 Å². The zero-order chi connectivity index (χ0) is 19.5. The molecule has 0 saturated heterocycles. The van der Waals surface area contributed by atoms with Crippen LogP contribution in [0.2, 0.25) is 0 Å². The number of esters is 1. The molecule has 1 aliphatic heterocycles. The van der Waals surface area contributed by atoms with Gasteiger partial charge in [0.1, 0.15) is 0 Å². The van der Waals surface area contributed by atoms with Crippen LogP contribution in [0.4, 0.5) is 11.4 Å². The molecule has 5 nitrogen and oxygen atoms in total. The molecule has 1 atom stereocenters. The van der Waals surface area contributed by atoms with Gasteiger partial charge in [-0.3, -0.25) is 9.69 Å². The Kier molecular flexibility index (Phi) is 5.14. The predicted molar refractivity (Wildman–Crippen MR) is 107 cm³/mol. The van der Waals surface area contributed by atoms with Crippen molar-refractivity contribution in [2.75, 3.05) is 11.5 Å². The highest BCUT2D eigenvalue weighted by Gasteiger charge is 2.29. The average Bonchev–Trinajstić information content (AvgIpc) is 2.75. The summed E-state index contributed by atoms with van der Waals surface area (Å²) in [5, 5.41) is 10.1. The summed E-state index contributed by atoms with van der Waals surface area (Å²) in [6.07, 6.45) is -1.43. The molecule has 0 bridgehead atoms. The number of ether oxygens (including phenoxy) is 1. The number of aliphatic hydroxyl groups is 1. The Morgan fingerprint density at radius 2 is 1.39 bits per heavy atom. The zero-order valence-corrected chi connectivity index (χ0v) is 15.6. The molecule has 0 fully saturated rings. The fraction of sp³-hybridized carbons (Fsp3) is 0.0909. The fourth-order valence-electron chi connectivity index (χ4n) is 3.02. The number of anilines is 2. The molecule has 140 valence electrons. The minimum absolute atomic E-state index is 0.381. The van der Waals surface area contributed by atoms with Crippen molar-refractivity contribution in [3.8, 4) is 0 Å². The monoisotopic (exact) mass is 391 g/mol. The van der Waals surface area contributed by atoms with Crippen molar-refractivity contribution in [1.82, 2.24) is 0 Å². The molecule has 0 aliphatic carbocycles. The van der Waals surface area contributed by atoms with Gasteiger partial charge in [-0.05, 0) is 29.8 Å². The quantitative estimate of drug-likeness (QED) is 0.679. The van der Waals surface area contributed by atoms with Crippen molar-refractivity contribution in [1.29, 1.82) is 0 Å². The lowest BCUT2D eigenvalue weighted by molar-refractivity contribution is -0.156. The molecular formula is C22H17NO4S. The van der Waals surface area contributed by atoms with Gasteiger partial charge in [-0.15, -0.1) is 0 Å². The van der Waals surface area contributed by atoms with E-state index in [1.165, 1.54) is 0 Å². The Bertz CT molecular complexity index is 976. The number of amides is 1. The molecule has 28 heavy (non-hydrogen) atoms. The molecule has 1 amide bonds. The van der Waals surface area contributed by atoms with Gasteiger partial charge in [0.15, 0.2) is 12.7 Å². The van der Waals surface area contributed by atoms with Gasteiger partial charge in [0.05, 0.1) is 11.4 Å². The second kappa shape index (κ2) is 7.88. The largest absolute Gasteiger partial charge is 0.453 e. The number of carbonyl (C=O) groups is 2. The van der Waals surface area contributed by atoms with Crippen molar-refractivity contribution < 1.29 is 19.4 Å². The number of benzene rings is 3. The van der Waals surface area contributed by atoms with E-state index in [0.717, 1.165) is 21.2 Å². The van der Waals surface area contributed by atoms with Crippen molar-refractivity contribution in [3.63, 3.8) is 0 Å². The highest BCUT2D eigenvalue weighted by Crippen LogP contribution is 2.47. The van der Waals surface area contributed by atoms with Crippen LogP contribution in [0.25, 0.3) is 0 Å². The molecule has 0 spiro atoms. The number of fused-ring (bicyclic) bond motifs is 2. The molecule has 0 saturated carbocycles. The van der Waals surface area contributed by atoms with Crippen LogP contribution in [0.3, 0.4) is 0 Å². The number of aliphatic hydroxyl groups excluding tert-OH is 1. The van der Waals surface area contributed by atoms with Gasteiger partial charge in [-0.25, -0.2) is 4.79 Å². The SMILES string of the molecule is O=C(OCC(=O)N1c2ccccc2Sc2ccccc21)C(O)c1ccccc1. The molecule has 4 rings (SSSR count). The Morgan fingerprint density at radius 1 is 0.857 bits per heavy atom. The van der Waals surface area contributed by atoms with E-state index in [2.05, 4.69) is 0 Å². The van der Waals surface area contributed by atoms with E-state index in [1.54, 1.807) is 47.0 Å². The van der Waals surface area contributed by atoms with Gasteiger partial charge in [0.25, 0.3) is 5.91 Å². The zero-order valence-electron chi connectivity index (χ0n) is 14.8. The predicted octanol–water partition coefficient (Wildman–Crippen LogP) is 4.09. The maximum atomic E-state index is 12.9. The minimum atomic E-state index is -1.43. The van der Waals surface area contributed by atoms with E-state index in [0.29, 0.717) is 5.56 Å². The van der Waals surface area contributed by atoms with Crippen LogP contribution in [0.5, 0.6) is 0 Å². The third-order valence-electron chi connectivity index (χ3n) is 4.36. The summed E-state index contributed by atoms with van der Waals surface area (Å²) in [6.45, 7) is -0.462. The second-order valence-corrected chi connectivity index (χ2v) is 7.27. The summed E-state index contributed by atoms with van der Waals surface area (Å²) >= 11 is 1.59. The first-order chi connectivity index (χ1) is 13.6. The second-order valence-electron chi connectivity index (χ2n) is 6.19. The third kappa shape index (κ3) is 3.52. The Morgan fingerprint density at radius 3 is 2.00 bits per heavy atom. The van der Waals surface area contributed by atoms with E-state index in [1.807, 2.05) is 48.5 Å². The maximum absolute atomic E-state index is 12.9. The third-order valence-corrected chi connectivity index (χ3v) is 5.49. The van der Waals surface area contributed by atoms with Crippen molar-refractivity contribution in [3.05, 3.63) is 84.4 Å². The Balaban J connectivity index is 1.53. The normalized spacial score (nSPS) is 13.2. The maximum Gasteiger partial charge on any atom is 0.340 e. The lowest BCUT2D eigenvalue weighted by Gasteiger charge is -2.30. The molecule has 3 aromatic carbocycles. The van der Waals surface area contributed by atoms with Crippen LogP contribution < -0.4 is 4.90 Å². The summed E-state index contributed by atoms with van der Waals surface area (Å²) in [5.41, 5.74) is 1.91. The highest BCUT2D eigenvalue weighted by molar-refractivity contribution is 7.99. The highest BCUT2D eigenvalue weighted by atomic mass is 32.2. The van der Waals surface area contributed by atoms with E-state index in [-0.39, 0.29) is 5.91 Å². The van der Waals surface area contributed by atoms with E-state index < -0.39 is 18.7 Å². The van der Waals surface area contributed by atoms with Crippen LogP contribution in [0.15, 0.2) is 88.7 Å². The number of hydrogen-bond acceptors (Lipinski definition) is 5. The van der Waals surface area contributed by atoms with Gasteiger partial charge < -0.3 is 9.84 Å². The van der Waals surface area contributed by atoms with Gasteiger partial charge in [0.2, 0.25) is 0 Å². The first-order valence-corrected chi connectivity index (χ1v) is 9.55. The molecule has 1 N–H and O–H groups in total. The standard InChI is InChI=1S/C22H17NO4S/c24-20(14-27-22(26)21(25)15-8-2-1-3-9-15)23-16-10-4-6-12-18(16)28-19-13-7-5-11-17(19)23/h1-13,21,25H,14H2. The first-order valence-electron chi connectivity index (χ1n) is 8.73. The van der Waals surface area contributed by atoms with Crippen LogP contribution in [0, 0.1) is 0 Å². The first kappa shape index (κ1) is 18.3. The molecular weight excluding hydrogens is 374 g/mol. The van der Waals surface area contributed by atoms with E-state index >= 15 is 0 Å². The van der Waals surface area contributed by atoms with Gasteiger partial charge in [0, 0.05) is 9.79 Å². The van der Waals surface area contributed by atoms with Crippen LogP contribution >= 0.6 is 11.8 Å². The number of nitrogens with zero attached hydrogens (tertiary/aromatic N) is 1. The molecule has 3 aromatic rings. The van der Waals surface area contributed by atoms with Gasteiger partial charge in [-0.1, -0.05) is 66.4 Å². The number of carbonyl (C=O) groups excluding carboxylic acids is 2. The Hall–Kier alpha value is -3.09. The molecule has 0 radical (unpaired) electrons. The number of rotatable bonds is 4. The molecule has 1 unspecified atom stereocenters. The topological polar surface area (TPSA) is 66.8 Å². The molecule has 1 heterocycles. The summed E-state index contributed by atoms with van der Waals surface area (Å²) in [5.74, 6) is -1.23. The van der Waals surface area contributed by atoms with Crippen LogP contribution in [-0.4, -0.2) is 23.6 Å². The minimum Gasteiger partial charge on any atom is -0.453 e. The van der Waals surface area contributed by atoms with Crippen molar-refractivity contribution >= 4 is 35.0 Å². The van der Waals surface area contributed by atoms with Gasteiger partial charge in [-0.2, -0.15) is 0 Å².